The molecule has 0 aliphatic carbocycles. The van der Waals surface area contributed by atoms with Crippen LogP contribution in [0.25, 0.3) is 5.69 Å². The number of rotatable bonds is 7. The lowest BCUT2D eigenvalue weighted by molar-refractivity contribution is 0.519. The van der Waals surface area contributed by atoms with E-state index in [1.54, 1.807) is 4.68 Å². The Hall–Kier alpha value is -1.91. The molecule has 0 fully saturated rings. The van der Waals surface area contributed by atoms with Gasteiger partial charge in [0, 0.05) is 6.04 Å². The predicted octanol–water partition coefficient (Wildman–Crippen LogP) is 3.29. The number of aromatic nitrogens is 4. The van der Waals surface area contributed by atoms with Gasteiger partial charge in [-0.15, -0.1) is 0 Å². The van der Waals surface area contributed by atoms with Crippen molar-refractivity contribution >= 4 is 5.95 Å². The van der Waals surface area contributed by atoms with Gasteiger partial charge in [-0.3, -0.25) is 0 Å². The normalized spacial score (nSPS) is 12.6. The summed E-state index contributed by atoms with van der Waals surface area (Å²) in [6.45, 7) is 6.69. The third kappa shape index (κ3) is 4.05. The van der Waals surface area contributed by atoms with Gasteiger partial charge in [-0.2, -0.15) is 4.68 Å². The lowest BCUT2D eigenvalue weighted by Crippen LogP contribution is -2.18. The number of hydrogen-bond donors (Lipinski definition) is 1. The van der Waals surface area contributed by atoms with Crippen LogP contribution < -0.4 is 5.32 Å². The molecule has 1 heterocycles. The van der Waals surface area contributed by atoms with Crippen LogP contribution >= 0.6 is 0 Å². The molecule has 1 unspecified atom stereocenters. The van der Waals surface area contributed by atoms with Gasteiger partial charge < -0.3 is 5.32 Å². The van der Waals surface area contributed by atoms with Crippen molar-refractivity contribution in [3.8, 4) is 5.69 Å². The van der Waals surface area contributed by atoms with E-state index >= 15 is 0 Å². The molecule has 0 radical (unpaired) electrons. The first kappa shape index (κ1) is 14.5. The summed E-state index contributed by atoms with van der Waals surface area (Å²) < 4.78 is 1.74. The van der Waals surface area contributed by atoms with Gasteiger partial charge >= 0.3 is 0 Å². The largest absolute Gasteiger partial charge is 0.350 e. The van der Waals surface area contributed by atoms with Gasteiger partial charge in [0.2, 0.25) is 5.95 Å². The second kappa shape index (κ2) is 7.03. The smallest absolute Gasteiger partial charge is 0.247 e. The van der Waals surface area contributed by atoms with E-state index < -0.39 is 0 Å². The van der Waals surface area contributed by atoms with Crippen LogP contribution in [-0.4, -0.2) is 26.2 Å². The van der Waals surface area contributed by atoms with E-state index in [4.69, 9.17) is 0 Å². The maximum absolute atomic E-state index is 4.07. The third-order valence-corrected chi connectivity index (χ3v) is 3.26. The summed E-state index contributed by atoms with van der Waals surface area (Å²) in [5.41, 5.74) is 0.967. The van der Waals surface area contributed by atoms with E-state index in [0.717, 1.165) is 18.0 Å². The van der Waals surface area contributed by atoms with E-state index in [0.29, 0.717) is 12.0 Å². The highest BCUT2D eigenvalue weighted by Gasteiger charge is 2.10. The standard InChI is InChI=1S/C15H23N5/c1-12(2)8-7-9-13(3)16-15-17-18-19-20(15)14-10-5-4-6-11-14/h4-6,10-13H,7-9H2,1-3H3,(H,16,17,19). The fraction of sp³-hybridized carbons (Fsp3) is 0.533. The molecule has 1 aromatic carbocycles. The second-order valence-corrected chi connectivity index (χ2v) is 5.62. The number of benzene rings is 1. The molecular formula is C15H23N5. The molecule has 20 heavy (non-hydrogen) atoms. The monoisotopic (exact) mass is 273 g/mol. The molecule has 0 amide bonds. The fourth-order valence-corrected chi connectivity index (χ4v) is 2.15. The maximum atomic E-state index is 4.07. The summed E-state index contributed by atoms with van der Waals surface area (Å²) in [6.07, 6.45) is 3.61. The molecule has 2 rings (SSSR count). The van der Waals surface area contributed by atoms with E-state index in [9.17, 15) is 0 Å². The van der Waals surface area contributed by atoms with Crippen molar-refractivity contribution in [1.29, 1.82) is 0 Å². The van der Waals surface area contributed by atoms with Crippen LogP contribution in [0.2, 0.25) is 0 Å². The maximum Gasteiger partial charge on any atom is 0.247 e. The van der Waals surface area contributed by atoms with Crippen LogP contribution in [0.4, 0.5) is 5.95 Å². The average molecular weight is 273 g/mol. The highest BCUT2D eigenvalue weighted by atomic mass is 15.6. The minimum atomic E-state index is 0.363. The molecule has 1 atom stereocenters. The Labute approximate surface area is 120 Å². The van der Waals surface area contributed by atoms with Crippen molar-refractivity contribution in [3.05, 3.63) is 30.3 Å². The minimum Gasteiger partial charge on any atom is -0.350 e. The minimum absolute atomic E-state index is 0.363. The Bertz CT molecular complexity index is 506. The Morgan fingerprint density at radius 1 is 1.10 bits per heavy atom. The number of tetrazole rings is 1. The Morgan fingerprint density at radius 3 is 2.55 bits per heavy atom. The second-order valence-electron chi connectivity index (χ2n) is 5.62. The molecule has 5 heteroatoms. The van der Waals surface area contributed by atoms with E-state index in [1.165, 1.54) is 12.8 Å². The first-order chi connectivity index (χ1) is 9.66. The topological polar surface area (TPSA) is 55.6 Å². The number of hydrogen-bond acceptors (Lipinski definition) is 4. The van der Waals surface area contributed by atoms with Crippen LogP contribution in [0.1, 0.15) is 40.0 Å². The molecule has 2 aromatic rings. The molecule has 0 aliphatic rings. The van der Waals surface area contributed by atoms with Gasteiger partial charge in [0.05, 0.1) is 5.69 Å². The van der Waals surface area contributed by atoms with Gasteiger partial charge in [-0.05, 0) is 41.8 Å². The van der Waals surface area contributed by atoms with Crippen molar-refractivity contribution in [2.75, 3.05) is 5.32 Å². The molecule has 0 saturated carbocycles. The predicted molar refractivity (Wildman–Crippen MR) is 80.9 cm³/mol. The van der Waals surface area contributed by atoms with Gasteiger partial charge in [0.1, 0.15) is 0 Å². The first-order valence-corrected chi connectivity index (χ1v) is 7.27. The van der Waals surface area contributed by atoms with Crippen LogP contribution in [0.5, 0.6) is 0 Å². The quantitative estimate of drug-likeness (QED) is 0.841. The zero-order valence-corrected chi connectivity index (χ0v) is 12.5. The summed E-state index contributed by atoms with van der Waals surface area (Å²) >= 11 is 0. The number of nitrogens with zero attached hydrogens (tertiary/aromatic N) is 4. The SMILES string of the molecule is CC(C)CCCC(C)Nc1nnnn1-c1ccccc1. The molecule has 0 saturated heterocycles. The highest BCUT2D eigenvalue weighted by molar-refractivity contribution is 5.38. The average Bonchev–Trinajstić information content (AvgIpc) is 2.87. The third-order valence-electron chi connectivity index (χ3n) is 3.26. The molecule has 108 valence electrons. The van der Waals surface area contributed by atoms with Gasteiger partial charge in [0.15, 0.2) is 0 Å². The zero-order chi connectivity index (χ0) is 14.4. The van der Waals surface area contributed by atoms with Crippen LogP contribution in [0, 0.1) is 5.92 Å². The van der Waals surface area contributed by atoms with Crippen molar-refractivity contribution in [2.24, 2.45) is 5.92 Å². The lowest BCUT2D eigenvalue weighted by Gasteiger charge is -2.14. The summed E-state index contributed by atoms with van der Waals surface area (Å²) in [4.78, 5) is 0. The summed E-state index contributed by atoms with van der Waals surface area (Å²) in [6, 6.07) is 10.3. The summed E-state index contributed by atoms with van der Waals surface area (Å²) in [5.74, 6) is 1.46. The molecular weight excluding hydrogens is 250 g/mol. The van der Waals surface area contributed by atoms with Gasteiger partial charge in [0.25, 0.3) is 0 Å². The Balaban J connectivity index is 1.95. The van der Waals surface area contributed by atoms with Gasteiger partial charge in [-0.25, -0.2) is 0 Å². The summed E-state index contributed by atoms with van der Waals surface area (Å²) in [5, 5.41) is 15.3. The van der Waals surface area contributed by atoms with Crippen LogP contribution in [-0.2, 0) is 0 Å². The fourth-order valence-electron chi connectivity index (χ4n) is 2.15. The Kier molecular flexibility index (Phi) is 5.09. The number of para-hydroxylation sites is 1. The highest BCUT2D eigenvalue weighted by Crippen LogP contribution is 2.14. The van der Waals surface area contributed by atoms with Crippen molar-refractivity contribution in [1.82, 2.24) is 20.2 Å². The number of anilines is 1. The lowest BCUT2D eigenvalue weighted by atomic mass is 10.0. The van der Waals surface area contributed by atoms with Crippen molar-refractivity contribution < 1.29 is 0 Å². The molecule has 5 nitrogen and oxygen atoms in total. The van der Waals surface area contributed by atoms with E-state index in [2.05, 4.69) is 41.6 Å². The van der Waals surface area contributed by atoms with E-state index in [-0.39, 0.29) is 0 Å². The van der Waals surface area contributed by atoms with Crippen LogP contribution in [0.3, 0.4) is 0 Å². The van der Waals surface area contributed by atoms with Gasteiger partial charge in [-0.1, -0.05) is 50.0 Å². The van der Waals surface area contributed by atoms with E-state index in [1.807, 2.05) is 30.3 Å². The molecule has 0 bridgehead atoms. The molecule has 0 spiro atoms. The first-order valence-electron chi connectivity index (χ1n) is 7.27. The molecule has 1 N–H and O–H groups in total. The van der Waals surface area contributed by atoms with Crippen molar-refractivity contribution in [2.45, 2.75) is 46.1 Å². The molecule has 0 aliphatic heterocycles. The summed E-state index contributed by atoms with van der Waals surface area (Å²) in [7, 11) is 0. The number of nitrogens with one attached hydrogen (secondary N) is 1. The molecule has 1 aromatic heterocycles. The van der Waals surface area contributed by atoms with Crippen LogP contribution in [0.15, 0.2) is 30.3 Å². The van der Waals surface area contributed by atoms with Crippen molar-refractivity contribution in [3.63, 3.8) is 0 Å². The zero-order valence-electron chi connectivity index (χ0n) is 12.5. The Morgan fingerprint density at radius 2 is 1.85 bits per heavy atom.